The van der Waals surface area contributed by atoms with Crippen LogP contribution in [0.2, 0.25) is 0 Å². The second kappa shape index (κ2) is 8.81. The Labute approximate surface area is 182 Å². The van der Waals surface area contributed by atoms with Crippen LogP contribution in [0.5, 0.6) is 0 Å². The van der Waals surface area contributed by atoms with Gasteiger partial charge >= 0.3 is 0 Å². The first-order valence-corrected chi connectivity index (χ1v) is 10.8. The minimum absolute atomic E-state index is 0.0805. The number of nitrogens with one attached hydrogen (secondary N) is 1. The number of aryl methyl sites for hydroxylation is 1. The van der Waals surface area contributed by atoms with Crippen molar-refractivity contribution in [1.82, 2.24) is 4.98 Å². The third-order valence-corrected chi connectivity index (χ3v) is 6.32. The number of piperidine rings is 1. The van der Waals surface area contributed by atoms with Crippen molar-refractivity contribution in [2.75, 3.05) is 23.3 Å². The number of hydrogen-bond donors (Lipinski definition) is 1. The van der Waals surface area contributed by atoms with Crippen molar-refractivity contribution in [2.24, 2.45) is 5.92 Å². The molecule has 1 N–H and O–H groups in total. The molecule has 0 saturated carbocycles. The molecule has 1 aromatic heterocycles. The molecule has 31 heavy (non-hydrogen) atoms. The average molecular weight is 441 g/mol. The molecule has 1 fully saturated rings. The van der Waals surface area contributed by atoms with Crippen molar-refractivity contribution in [3.8, 4) is 11.3 Å². The van der Waals surface area contributed by atoms with Crippen LogP contribution in [-0.4, -0.2) is 28.9 Å². The Balaban J connectivity index is 1.39. The van der Waals surface area contributed by atoms with Gasteiger partial charge in [0, 0.05) is 35.5 Å². The Kier molecular flexibility index (Phi) is 5.94. The number of benzene rings is 2. The molecule has 2 aromatic carbocycles. The molecule has 1 aliphatic heterocycles. The van der Waals surface area contributed by atoms with E-state index in [1.165, 1.54) is 29.5 Å². The fraction of sp³-hybridized carbons (Fsp3) is 0.273. The van der Waals surface area contributed by atoms with Gasteiger partial charge in [0.2, 0.25) is 5.91 Å². The van der Waals surface area contributed by atoms with E-state index < -0.39 is 0 Å². The number of carbonyl (C=O) groups is 1. The molecule has 1 saturated heterocycles. The number of nitro benzene ring substituents is 1. The van der Waals surface area contributed by atoms with Crippen molar-refractivity contribution in [1.29, 1.82) is 0 Å². The number of aromatic nitrogens is 1. The average Bonchev–Trinajstić information content (AvgIpc) is 3.14. The molecule has 2 heterocycles. The van der Waals surface area contributed by atoms with Gasteiger partial charge in [-0.1, -0.05) is 12.1 Å². The smallest absolute Gasteiger partial charge is 0.292 e. The fourth-order valence-corrected chi connectivity index (χ4v) is 4.64. The molecule has 160 valence electrons. The quantitative estimate of drug-likeness (QED) is 0.444. The van der Waals surface area contributed by atoms with Crippen molar-refractivity contribution < 1.29 is 14.1 Å². The standard InChI is InChI=1S/C22H21FN4O3S/c1-14-20(15-6-8-17(23)9-7-15)24-22(31-14)25-21(28)16-10-12-26(13-11-16)18-4-2-3-5-19(18)27(29)30/h2-9,16H,10-13H2,1H3,(H,24,25,28). The molecule has 1 aliphatic rings. The minimum atomic E-state index is -0.377. The van der Waals surface area contributed by atoms with Crippen LogP contribution in [0.3, 0.4) is 0 Å². The number of amides is 1. The second-order valence-corrected chi connectivity index (χ2v) is 8.63. The van der Waals surface area contributed by atoms with Gasteiger partial charge in [-0.05, 0) is 50.1 Å². The van der Waals surface area contributed by atoms with Gasteiger partial charge in [0.1, 0.15) is 11.5 Å². The number of nitrogens with zero attached hydrogens (tertiary/aromatic N) is 3. The maximum absolute atomic E-state index is 13.2. The highest BCUT2D eigenvalue weighted by Crippen LogP contribution is 2.33. The summed E-state index contributed by atoms with van der Waals surface area (Å²) in [5.74, 6) is -0.587. The highest BCUT2D eigenvalue weighted by atomic mass is 32.1. The molecule has 0 spiro atoms. The third kappa shape index (κ3) is 4.56. The summed E-state index contributed by atoms with van der Waals surface area (Å²) >= 11 is 1.39. The summed E-state index contributed by atoms with van der Waals surface area (Å²) in [7, 11) is 0. The van der Waals surface area contributed by atoms with Gasteiger partial charge in [-0.3, -0.25) is 14.9 Å². The van der Waals surface area contributed by atoms with E-state index in [-0.39, 0.29) is 28.3 Å². The Hall–Kier alpha value is -3.33. The zero-order chi connectivity index (χ0) is 22.0. The highest BCUT2D eigenvalue weighted by Gasteiger charge is 2.28. The van der Waals surface area contributed by atoms with Crippen molar-refractivity contribution >= 4 is 33.8 Å². The number of anilines is 2. The van der Waals surface area contributed by atoms with Crippen LogP contribution in [0.1, 0.15) is 17.7 Å². The highest BCUT2D eigenvalue weighted by molar-refractivity contribution is 7.16. The number of thiazole rings is 1. The van der Waals surface area contributed by atoms with Crippen molar-refractivity contribution in [2.45, 2.75) is 19.8 Å². The van der Waals surface area contributed by atoms with E-state index in [1.807, 2.05) is 11.8 Å². The SMILES string of the molecule is Cc1sc(NC(=O)C2CCN(c3ccccc3[N+](=O)[O-])CC2)nc1-c1ccc(F)cc1. The number of rotatable bonds is 5. The lowest BCUT2D eigenvalue weighted by Gasteiger charge is -2.32. The molecule has 9 heteroatoms. The molecule has 0 unspecified atom stereocenters. The zero-order valence-electron chi connectivity index (χ0n) is 16.9. The molecule has 4 rings (SSSR count). The summed E-state index contributed by atoms with van der Waals surface area (Å²) < 4.78 is 13.2. The van der Waals surface area contributed by atoms with Gasteiger partial charge < -0.3 is 10.2 Å². The van der Waals surface area contributed by atoms with Crippen LogP contribution in [-0.2, 0) is 4.79 Å². The van der Waals surface area contributed by atoms with E-state index in [0.29, 0.717) is 36.8 Å². The van der Waals surface area contributed by atoms with Gasteiger partial charge in [-0.2, -0.15) is 0 Å². The molecule has 0 atom stereocenters. The summed E-state index contributed by atoms with van der Waals surface area (Å²) in [5, 5.41) is 14.7. The summed E-state index contributed by atoms with van der Waals surface area (Å²) in [5.41, 5.74) is 2.20. The third-order valence-electron chi connectivity index (χ3n) is 5.43. The molecule has 0 aliphatic carbocycles. The lowest BCUT2D eigenvalue weighted by molar-refractivity contribution is -0.384. The molecular weight excluding hydrogens is 419 g/mol. The van der Waals surface area contributed by atoms with E-state index in [0.717, 1.165) is 16.1 Å². The van der Waals surface area contributed by atoms with E-state index in [9.17, 15) is 19.3 Å². The maximum atomic E-state index is 13.2. The van der Waals surface area contributed by atoms with Gasteiger partial charge in [0.25, 0.3) is 5.69 Å². The number of halogens is 1. The first-order chi connectivity index (χ1) is 14.9. The first kappa shape index (κ1) is 20.9. The number of para-hydroxylation sites is 2. The Bertz CT molecular complexity index is 1110. The molecule has 0 bridgehead atoms. The van der Waals surface area contributed by atoms with Crippen LogP contribution in [0.25, 0.3) is 11.3 Å². The van der Waals surface area contributed by atoms with E-state index in [1.54, 1.807) is 30.3 Å². The Morgan fingerprint density at radius 2 is 1.87 bits per heavy atom. The van der Waals surface area contributed by atoms with E-state index in [4.69, 9.17) is 0 Å². The molecule has 0 radical (unpaired) electrons. The largest absolute Gasteiger partial charge is 0.366 e. The predicted molar refractivity (Wildman–Crippen MR) is 119 cm³/mol. The van der Waals surface area contributed by atoms with E-state index in [2.05, 4.69) is 10.3 Å². The molecule has 3 aromatic rings. The Morgan fingerprint density at radius 1 is 1.19 bits per heavy atom. The van der Waals surface area contributed by atoms with Gasteiger partial charge in [0.05, 0.1) is 10.6 Å². The fourth-order valence-electron chi connectivity index (χ4n) is 3.80. The zero-order valence-corrected chi connectivity index (χ0v) is 17.7. The summed E-state index contributed by atoms with van der Waals surface area (Å²) in [6.07, 6.45) is 1.21. The monoisotopic (exact) mass is 440 g/mol. The van der Waals surface area contributed by atoms with Crippen LogP contribution < -0.4 is 10.2 Å². The lowest BCUT2D eigenvalue weighted by Crippen LogP contribution is -2.38. The summed E-state index contributed by atoms with van der Waals surface area (Å²) in [6, 6.07) is 12.8. The lowest BCUT2D eigenvalue weighted by atomic mass is 9.95. The van der Waals surface area contributed by atoms with Gasteiger partial charge in [-0.25, -0.2) is 9.37 Å². The van der Waals surface area contributed by atoms with Crippen LogP contribution >= 0.6 is 11.3 Å². The normalized spacial score (nSPS) is 14.5. The van der Waals surface area contributed by atoms with Crippen molar-refractivity contribution in [3.63, 3.8) is 0 Å². The Morgan fingerprint density at radius 3 is 2.55 bits per heavy atom. The van der Waals surface area contributed by atoms with E-state index >= 15 is 0 Å². The predicted octanol–water partition coefficient (Wildman–Crippen LogP) is 5.02. The van der Waals surface area contributed by atoms with Gasteiger partial charge in [0.15, 0.2) is 5.13 Å². The maximum Gasteiger partial charge on any atom is 0.292 e. The molecule has 1 amide bonds. The summed E-state index contributed by atoms with van der Waals surface area (Å²) in [6.45, 7) is 3.05. The second-order valence-electron chi connectivity index (χ2n) is 7.43. The van der Waals surface area contributed by atoms with Crippen molar-refractivity contribution in [3.05, 3.63) is 69.3 Å². The summed E-state index contributed by atoms with van der Waals surface area (Å²) in [4.78, 5) is 31.1. The van der Waals surface area contributed by atoms with Crippen LogP contribution in [0.4, 0.5) is 20.9 Å². The first-order valence-electron chi connectivity index (χ1n) is 9.95. The van der Waals surface area contributed by atoms with Crippen LogP contribution in [0.15, 0.2) is 48.5 Å². The number of nitro groups is 1. The number of carbonyl (C=O) groups excluding carboxylic acids is 1. The molecule has 7 nitrogen and oxygen atoms in total. The van der Waals surface area contributed by atoms with Gasteiger partial charge in [-0.15, -0.1) is 11.3 Å². The number of hydrogen-bond acceptors (Lipinski definition) is 6. The minimum Gasteiger partial charge on any atom is -0.366 e. The van der Waals surface area contributed by atoms with Crippen LogP contribution in [0, 0.1) is 28.8 Å². The molecular formula is C22H21FN4O3S. The topological polar surface area (TPSA) is 88.4 Å².